The third-order valence-corrected chi connectivity index (χ3v) is 5.71. The molecule has 136 valence electrons. The molecule has 0 radical (unpaired) electrons. The number of carbonyl (C=O) groups is 1. The van der Waals surface area contributed by atoms with Crippen LogP contribution in [-0.4, -0.2) is 57.8 Å². The van der Waals surface area contributed by atoms with Crippen LogP contribution in [0.3, 0.4) is 0 Å². The maximum absolute atomic E-state index is 12.6. The maximum atomic E-state index is 12.6. The fraction of sp³-hybridized carbons (Fsp3) is 0.368. The topological polar surface area (TPSA) is 52.9 Å². The lowest BCUT2D eigenvalue weighted by molar-refractivity contribution is 0.0643. The summed E-state index contributed by atoms with van der Waals surface area (Å²) in [4.78, 5) is 22.4. The van der Waals surface area contributed by atoms with E-state index in [9.17, 15) is 4.79 Å². The van der Waals surface area contributed by atoms with Gasteiger partial charge >= 0.3 is 0 Å². The number of benzene rings is 1. The number of imidazole rings is 1. The molecular weight excluding hydrogens is 346 g/mol. The van der Waals surface area contributed by atoms with E-state index >= 15 is 0 Å². The Morgan fingerprint density at radius 2 is 1.96 bits per heavy atom. The number of nitrogens with one attached hydrogen (secondary N) is 1. The van der Waals surface area contributed by atoms with Crippen molar-refractivity contribution >= 4 is 27.9 Å². The van der Waals surface area contributed by atoms with E-state index in [2.05, 4.69) is 26.5 Å². The first-order valence-electron chi connectivity index (χ1n) is 8.99. The second-order valence-electron chi connectivity index (χ2n) is 6.46. The monoisotopic (exact) mass is 369 g/mol. The highest BCUT2D eigenvalue weighted by molar-refractivity contribution is 7.15. The van der Waals surface area contributed by atoms with E-state index in [1.807, 2.05) is 46.9 Å². The molecule has 26 heavy (non-hydrogen) atoms. The van der Waals surface area contributed by atoms with Gasteiger partial charge in [0.2, 0.25) is 0 Å². The molecule has 4 rings (SSSR count). The van der Waals surface area contributed by atoms with Gasteiger partial charge in [0.05, 0.1) is 18.4 Å². The summed E-state index contributed by atoms with van der Waals surface area (Å²) in [6, 6.07) is 7.77. The number of anilines is 1. The number of hydrogen-bond acceptors (Lipinski definition) is 5. The minimum atomic E-state index is 0.128. The Morgan fingerprint density at radius 1 is 1.19 bits per heavy atom. The van der Waals surface area contributed by atoms with Crippen molar-refractivity contribution in [3.63, 3.8) is 0 Å². The number of piperazine rings is 1. The smallest absolute Gasteiger partial charge is 0.253 e. The van der Waals surface area contributed by atoms with Crippen LogP contribution in [0.15, 0.2) is 42.0 Å². The Labute approximate surface area is 157 Å². The summed E-state index contributed by atoms with van der Waals surface area (Å²) < 4.78 is 2.09. The Balaban J connectivity index is 1.36. The Kier molecular flexibility index (Phi) is 4.90. The molecule has 0 spiro atoms. The largest absolute Gasteiger partial charge is 0.379 e. The third-order valence-electron chi connectivity index (χ3n) is 4.94. The lowest BCUT2D eigenvalue weighted by Crippen LogP contribution is -2.48. The maximum Gasteiger partial charge on any atom is 0.253 e. The van der Waals surface area contributed by atoms with Gasteiger partial charge in [-0.25, -0.2) is 4.98 Å². The number of aromatic nitrogens is 2. The summed E-state index contributed by atoms with van der Waals surface area (Å²) in [6.45, 7) is 7.46. The first-order chi connectivity index (χ1) is 12.7. The first kappa shape index (κ1) is 17.1. The van der Waals surface area contributed by atoms with Crippen LogP contribution in [0.4, 0.5) is 5.69 Å². The molecule has 2 aromatic heterocycles. The van der Waals surface area contributed by atoms with Crippen LogP contribution >= 0.6 is 11.3 Å². The molecule has 1 fully saturated rings. The Bertz CT molecular complexity index is 877. The van der Waals surface area contributed by atoms with Gasteiger partial charge in [0.15, 0.2) is 4.96 Å². The highest BCUT2D eigenvalue weighted by Gasteiger charge is 2.21. The molecule has 1 aromatic carbocycles. The van der Waals surface area contributed by atoms with Crippen LogP contribution in [0.2, 0.25) is 0 Å². The van der Waals surface area contributed by atoms with Crippen LogP contribution in [0, 0.1) is 0 Å². The minimum Gasteiger partial charge on any atom is -0.379 e. The van der Waals surface area contributed by atoms with Crippen molar-refractivity contribution < 1.29 is 4.79 Å². The van der Waals surface area contributed by atoms with Crippen molar-refractivity contribution in [2.75, 3.05) is 38.0 Å². The predicted octanol–water partition coefficient (Wildman–Crippen LogP) is 2.79. The molecule has 1 aliphatic heterocycles. The summed E-state index contributed by atoms with van der Waals surface area (Å²) in [5, 5.41) is 5.43. The van der Waals surface area contributed by atoms with Crippen LogP contribution in [0.25, 0.3) is 4.96 Å². The summed E-state index contributed by atoms with van der Waals surface area (Å²) >= 11 is 1.63. The number of nitrogens with zero attached hydrogens (tertiary/aromatic N) is 4. The van der Waals surface area contributed by atoms with Gasteiger partial charge in [-0.05, 0) is 30.8 Å². The normalized spacial score (nSPS) is 15.5. The molecule has 0 atom stereocenters. The minimum absolute atomic E-state index is 0.128. The molecule has 1 saturated heterocycles. The number of fused-ring (bicyclic) bond motifs is 1. The van der Waals surface area contributed by atoms with E-state index in [-0.39, 0.29) is 5.91 Å². The number of thiazole rings is 1. The molecule has 0 saturated carbocycles. The van der Waals surface area contributed by atoms with E-state index in [1.165, 1.54) is 0 Å². The van der Waals surface area contributed by atoms with Gasteiger partial charge in [-0.3, -0.25) is 9.20 Å². The summed E-state index contributed by atoms with van der Waals surface area (Å²) in [7, 11) is 0. The number of amides is 1. The molecule has 3 heterocycles. The van der Waals surface area contributed by atoms with Gasteiger partial charge in [0, 0.05) is 49.0 Å². The zero-order valence-electron chi connectivity index (χ0n) is 14.9. The standard InChI is InChI=1S/C19H23N5OS/c1-2-22-7-9-23(10-8-22)18(25)15-3-5-16(6-4-15)20-13-17-14-21-19-24(17)11-12-26-19/h3-6,11-12,14,20H,2,7-10,13H2,1H3. The van der Waals surface area contributed by atoms with Gasteiger partial charge < -0.3 is 15.1 Å². The van der Waals surface area contributed by atoms with Crippen molar-refractivity contribution in [3.8, 4) is 0 Å². The fourth-order valence-electron chi connectivity index (χ4n) is 3.28. The van der Waals surface area contributed by atoms with Crippen LogP contribution in [0.1, 0.15) is 23.0 Å². The van der Waals surface area contributed by atoms with E-state index in [0.717, 1.165) is 54.6 Å². The summed E-state index contributed by atoms with van der Waals surface area (Å²) in [6.07, 6.45) is 3.93. The molecular formula is C19H23N5OS. The lowest BCUT2D eigenvalue weighted by atomic mass is 10.1. The molecule has 1 amide bonds. The molecule has 7 heteroatoms. The van der Waals surface area contributed by atoms with Gasteiger partial charge in [-0.2, -0.15) is 0 Å². The van der Waals surface area contributed by atoms with E-state index in [4.69, 9.17) is 0 Å². The molecule has 1 aliphatic rings. The van der Waals surface area contributed by atoms with Crippen molar-refractivity contribution in [1.82, 2.24) is 19.2 Å². The lowest BCUT2D eigenvalue weighted by Gasteiger charge is -2.34. The van der Waals surface area contributed by atoms with Crippen LogP contribution in [0.5, 0.6) is 0 Å². The highest BCUT2D eigenvalue weighted by Crippen LogP contribution is 2.16. The Hall–Kier alpha value is -2.38. The average molecular weight is 369 g/mol. The second kappa shape index (κ2) is 7.47. The van der Waals surface area contributed by atoms with Crippen molar-refractivity contribution in [3.05, 3.63) is 53.3 Å². The fourth-order valence-corrected chi connectivity index (χ4v) is 3.99. The Morgan fingerprint density at radius 3 is 2.69 bits per heavy atom. The average Bonchev–Trinajstić information content (AvgIpc) is 3.30. The molecule has 3 aromatic rings. The molecule has 0 aliphatic carbocycles. The van der Waals surface area contributed by atoms with Gasteiger partial charge in [-0.15, -0.1) is 11.3 Å². The zero-order chi connectivity index (χ0) is 17.9. The number of likely N-dealkylation sites (N-methyl/N-ethyl adjacent to an activating group) is 1. The van der Waals surface area contributed by atoms with Crippen molar-refractivity contribution in [1.29, 1.82) is 0 Å². The number of carbonyl (C=O) groups excluding carboxylic acids is 1. The number of rotatable bonds is 5. The van der Waals surface area contributed by atoms with Crippen molar-refractivity contribution in [2.45, 2.75) is 13.5 Å². The summed E-state index contributed by atoms with van der Waals surface area (Å²) in [5.74, 6) is 0.128. The van der Waals surface area contributed by atoms with E-state index in [0.29, 0.717) is 6.54 Å². The van der Waals surface area contributed by atoms with Gasteiger partial charge in [-0.1, -0.05) is 6.92 Å². The van der Waals surface area contributed by atoms with Crippen molar-refractivity contribution in [2.24, 2.45) is 0 Å². The highest BCUT2D eigenvalue weighted by atomic mass is 32.1. The molecule has 0 unspecified atom stereocenters. The van der Waals surface area contributed by atoms with E-state index < -0.39 is 0 Å². The quantitative estimate of drug-likeness (QED) is 0.751. The number of hydrogen-bond donors (Lipinski definition) is 1. The first-order valence-corrected chi connectivity index (χ1v) is 9.87. The van der Waals surface area contributed by atoms with Gasteiger partial charge in [0.1, 0.15) is 0 Å². The van der Waals surface area contributed by atoms with Crippen LogP contribution < -0.4 is 5.32 Å². The third kappa shape index (κ3) is 3.45. The predicted molar refractivity (Wildman–Crippen MR) is 105 cm³/mol. The SMILES string of the molecule is CCN1CCN(C(=O)c2ccc(NCc3cnc4sccn34)cc2)CC1. The zero-order valence-corrected chi connectivity index (χ0v) is 15.7. The summed E-state index contributed by atoms with van der Waals surface area (Å²) in [5.41, 5.74) is 2.88. The van der Waals surface area contributed by atoms with Gasteiger partial charge in [0.25, 0.3) is 5.91 Å². The second-order valence-corrected chi connectivity index (χ2v) is 7.34. The molecule has 0 bridgehead atoms. The molecule has 1 N–H and O–H groups in total. The molecule has 6 nitrogen and oxygen atoms in total. The van der Waals surface area contributed by atoms with Crippen LogP contribution in [-0.2, 0) is 6.54 Å². The van der Waals surface area contributed by atoms with E-state index in [1.54, 1.807) is 11.3 Å².